The lowest BCUT2D eigenvalue weighted by Crippen LogP contribution is -2.37. The molecule has 1 atom stereocenters. The van der Waals surface area contributed by atoms with Gasteiger partial charge >= 0.3 is 12.3 Å². The number of fused-ring (bicyclic) bond motifs is 1. The van der Waals surface area contributed by atoms with Crippen LogP contribution in [0.25, 0.3) is 0 Å². The van der Waals surface area contributed by atoms with Gasteiger partial charge in [-0.15, -0.1) is 8.78 Å². The second-order valence-electron chi connectivity index (χ2n) is 5.03. The van der Waals surface area contributed by atoms with Crippen LogP contribution < -0.4 is 15.2 Å². The van der Waals surface area contributed by atoms with Gasteiger partial charge < -0.3 is 19.9 Å². The minimum absolute atomic E-state index is 0.108. The van der Waals surface area contributed by atoms with Gasteiger partial charge in [-0.3, -0.25) is 4.79 Å². The van der Waals surface area contributed by atoms with Crippen LogP contribution in [0.4, 0.5) is 8.78 Å². The van der Waals surface area contributed by atoms with E-state index >= 15 is 0 Å². The first kappa shape index (κ1) is 14.5. The fraction of sp³-hybridized carbons (Fsp3) is 0.462. The van der Waals surface area contributed by atoms with Crippen molar-refractivity contribution in [3.8, 4) is 11.5 Å². The van der Waals surface area contributed by atoms with Crippen LogP contribution in [-0.2, 0) is 9.53 Å². The summed E-state index contributed by atoms with van der Waals surface area (Å²) in [6, 6.07) is 3.48. The van der Waals surface area contributed by atoms with Gasteiger partial charge in [0.2, 0.25) is 0 Å². The maximum atomic E-state index is 13.1. The molecule has 0 unspecified atom stereocenters. The van der Waals surface area contributed by atoms with E-state index in [0.717, 1.165) is 0 Å². The quantitative estimate of drug-likeness (QED) is 0.863. The Hall–Kier alpha value is -1.89. The molecule has 1 aromatic rings. The Labute approximate surface area is 114 Å². The summed E-state index contributed by atoms with van der Waals surface area (Å²) < 4.78 is 39.8. The van der Waals surface area contributed by atoms with Crippen molar-refractivity contribution in [1.82, 2.24) is 0 Å². The molecular weight excluding hydrogens is 272 g/mol. The van der Waals surface area contributed by atoms with Crippen LogP contribution in [0.1, 0.15) is 25.5 Å². The van der Waals surface area contributed by atoms with E-state index in [1.165, 1.54) is 25.3 Å². The Morgan fingerprint density at radius 1 is 1.40 bits per heavy atom. The highest BCUT2D eigenvalue weighted by Crippen LogP contribution is 2.47. The highest BCUT2D eigenvalue weighted by Gasteiger charge is 2.47. The number of halogens is 2. The van der Waals surface area contributed by atoms with E-state index in [1.54, 1.807) is 13.8 Å². The number of esters is 1. The SMILES string of the molecule is COC(=O)C(C)(C)[C@@H](N)c1cccc2c1OC(F)(F)O2. The normalized spacial score (nSPS) is 17.7. The van der Waals surface area contributed by atoms with Gasteiger partial charge in [-0.2, -0.15) is 0 Å². The molecule has 0 radical (unpaired) electrons. The highest BCUT2D eigenvalue weighted by molar-refractivity contribution is 5.77. The molecule has 20 heavy (non-hydrogen) atoms. The van der Waals surface area contributed by atoms with Crippen molar-refractivity contribution in [3.63, 3.8) is 0 Å². The summed E-state index contributed by atoms with van der Waals surface area (Å²) in [5.74, 6) is -0.807. The number of methoxy groups -OCH3 is 1. The number of para-hydroxylation sites is 1. The monoisotopic (exact) mass is 287 g/mol. The summed E-state index contributed by atoms with van der Waals surface area (Å²) in [6.07, 6.45) is -3.73. The third-order valence-electron chi connectivity index (χ3n) is 3.28. The Morgan fingerprint density at radius 3 is 2.65 bits per heavy atom. The van der Waals surface area contributed by atoms with Crippen LogP contribution in [0.5, 0.6) is 11.5 Å². The van der Waals surface area contributed by atoms with Gasteiger partial charge in [0.15, 0.2) is 11.5 Å². The van der Waals surface area contributed by atoms with E-state index < -0.39 is 23.7 Å². The lowest BCUT2D eigenvalue weighted by atomic mass is 9.80. The van der Waals surface area contributed by atoms with E-state index in [0.29, 0.717) is 0 Å². The predicted octanol–water partition coefficient (Wildman–Crippen LogP) is 2.21. The van der Waals surface area contributed by atoms with E-state index in [-0.39, 0.29) is 17.1 Å². The van der Waals surface area contributed by atoms with Crippen molar-refractivity contribution < 1.29 is 27.8 Å². The van der Waals surface area contributed by atoms with Gasteiger partial charge in [0, 0.05) is 11.6 Å². The lowest BCUT2D eigenvalue weighted by molar-refractivity contribution is -0.287. The molecule has 0 fully saturated rings. The number of benzene rings is 1. The van der Waals surface area contributed by atoms with Crippen LogP contribution in [0, 0.1) is 5.41 Å². The highest BCUT2D eigenvalue weighted by atomic mass is 19.3. The number of carbonyl (C=O) groups is 1. The van der Waals surface area contributed by atoms with Gasteiger partial charge in [-0.25, -0.2) is 0 Å². The Morgan fingerprint density at radius 2 is 2.05 bits per heavy atom. The average Bonchev–Trinajstić information content (AvgIpc) is 2.70. The summed E-state index contributed by atoms with van der Waals surface area (Å²) in [5.41, 5.74) is 5.18. The topological polar surface area (TPSA) is 70.8 Å². The van der Waals surface area contributed by atoms with Crippen LogP contribution in [0.3, 0.4) is 0 Å². The summed E-state index contributed by atoms with van der Waals surface area (Å²) in [6.45, 7) is 3.13. The van der Waals surface area contributed by atoms with E-state index in [2.05, 4.69) is 14.2 Å². The van der Waals surface area contributed by atoms with Gasteiger partial charge in [-0.1, -0.05) is 12.1 Å². The van der Waals surface area contributed by atoms with Crippen molar-refractivity contribution in [1.29, 1.82) is 0 Å². The number of rotatable bonds is 3. The van der Waals surface area contributed by atoms with Crippen molar-refractivity contribution in [2.75, 3.05) is 7.11 Å². The van der Waals surface area contributed by atoms with Gasteiger partial charge in [0.25, 0.3) is 0 Å². The summed E-state index contributed by atoms with van der Waals surface area (Å²) in [4.78, 5) is 11.8. The number of hydrogen-bond acceptors (Lipinski definition) is 5. The molecule has 0 bridgehead atoms. The van der Waals surface area contributed by atoms with E-state index in [1.807, 2.05) is 0 Å². The molecule has 1 heterocycles. The van der Waals surface area contributed by atoms with Crippen LogP contribution in [-0.4, -0.2) is 19.4 Å². The largest absolute Gasteiger partial charge is 0.586 e. The second kappa shape index (κ2) is 4.59. The fourth-order valence-electron chi connectivity index (χ4n) is 2.01. The Balaban J connectivity index is 2.41. The lowest BCUT2D eigenvalue weighted by Gasteiger charge is -2.29. The van der Waals surface area contributed by atoms with Crippen LogP contribution in [0.15, 0.2) is 18.2 Å². The molecule has 1 aliphatic rings. The predicted molar refractivity (Wildman–Crippen MR) is 65.4 cm³/mol. The third kappa shape index (κ3) is 2.29. The summed E-state index contributed by atoms with van der Waals surface area (Å²) in [7, 11) is 1.24. The standard InChI is InChI=1S/C13H15F2NO4/c1-12(2,11(17)18-3)10(16)7-5-4-6-8-9(7)20-13(14,15)19-8/h4-6,10H,16H2,1-3H3/t10-/m0/s1. The zero-order chi connectivity index (χ0) is 15.1. The van der Waals surface area contributed by atoms with Crippen molar-refractivity contribution >= 4 is 5.97 Å². The molecule has 0 amide bonds. The zero-order valence-corrected chi connectivity index (χ0v) is 11.3. The minimum atomic E-state index is -3.73. The Kier molecular flexibility index (Phi) is 3.33. The molecule has 0 aliphatic carbocycles. The number of alkyl halides is 2. The Bertz CT molecular complexity index is 545. The van der Waals surface area contributed by atoms with Gasteiger partial charge in [-0.05, 0) is 19.9 Å². The van der Waals surface area contributed by atoms with Crippen molar-refractivity contribution in [2.45, 2.75) is 26.2 Å². The van der Waals surface area contributed by atoms with Crippen molar-refractivity contribution in [2.24, 2.45) is 11.1 Å². The average molecular weight is 287 g/mol. The summed E-state index contributed by atoms with van der Waals surface area (Å²) >= 11 is 0. The number of hydrogen-bond donors (Lipinski definition) is 1. The molecule has 0 saturated heterocycles. The summed E-state index contributed by atoms with van der Waals surface area (Å²) in [5, 5.41) is 0. The van der Waals surface area contributed by atoms with Crippen molar-refractivity contribution in [3.05, 3.63) is 23.8 Å². The molecule has 0 spiro atoms. The molecule has 2 N–H and O–H groups in total. The minimum Gasteiger partial charge on any atom is -0.469 e. The smallest absolute Gasteiger partial charge is 0.469 e. The first-order valence-corrected chi connectivity index (χ1v) is 5.92. The maximum Gasteiger partial charge on any atom is 0.586 e. The molecule has 7 heteroatoms. The number of ether oxygens (including phenoxy) is 3. The molecule has 1 aromatic carbocycles. The number of nitrogens with two attached hydrogens (primary N) is 1. The second-order valence-corrected chi connectivity index (χ2v) is 5.03. The molecule has 0 aromatic heterocycles. The van der Waals surface area contributed by atoms with E-state index in [9.17, 15) is 13.6 Å². The van der Waals surface area contributed by atoms with Gasteiger partial charge in [0.1, 0.15) is 0 Å². The molecular formula is C13H15F2NO4. The molecule has 5 nitrogen and oxygen atoms in total. The van der Waals surface area contributed by atoms with Gasteiger partial charge in [0.05, 0.1) is 12.5 Å². The number of carbonyl (C=O) groups excluding carboxylic acids is 1. The third-order valence-corrected chi connectivity index (χ3v) is 3.28. The molecule has 2 rings (SSSR count). The first-order chi connectivity index (χ1) is 9.19. The molecule has 1 aliphatic heterocycles. The zero-order valence-electron chi connectivity index (χ0n) is 11.3. The fourth-order valence-corrected chi connectivity index (χ4v) is 2.01. The van der Waals surface area contributed by atoms with E-state index in [4.69, 9.17) is 5.73 Å². The maximum absolute atomic E-state index is 13.1. The molecule has 110 valence electrons. The molecule has 0 saturated carbocycles. The van der Waals surface area contributed by atoms with Crippen LogP contribution in [0.2, 0.25) is 0 Å². The van der Waals surface area contributed by atoms with Crippen LogP contribution >= 0.6 is 0 Å². The first-order valence-electron chi connectivity index (χ1n) is 5.92.